The van der Waals surface area contributed by atoms with Crippen LogP contribution in [-0.4, -0.2) is 17.0 Å². The number of nitrogens with zero attached hydrogens (tertiary/aromatic N) is 3. The maximum Gasteiger partial charge on any atom is 0.271 e. The first-order chi connectivity index (χ1) is 13.6. The molecule has 5 nitrogen and oxygen atoms in total. The first-order valence-electron chi connectivity index (χ1n) is 8.95. The minimum Gasteiger partial charge on any atom is -0.334 e. The third kappa shape index (κ3) is 3.73. The van der Waals surface area contributed by atoms with E-state index in [0.717, 1.165) is 16.1 Å². The van der Waals surface area contributed by atoms with Crippen molar-refractivity contribution in [1.82, 2.24) is 4.57 Å². The Morgan fingerprint density at radius 1 is 1.11 bits per heavy atom. The van der Waals surface area contributed by atoms with E-state index in [4.69, 9.17) is 0 Å². The molecule has 1 aliphatic heterocycles. The number of fused-ring (bicyclic) bond motifs is 1. The van der Waals surface area contributed by atoms with Crippen LogP contribution in [0.15, 0.2) is 70.5 Å². The molecule has 0 spiro atoms. The zero-order chi connectivity index (χ0) is 19.5. The summed E-state index contributed by atoms with van der Waals surface area (Å²) in [7, 11) is 0. The van der Waals surface area contributed by atoms with Gasteiger partial charge in [-0.3, -0.25) is 14.2 Å². The van der Waals surface area contributed by atoms with Crippen molar-refractivity contribution in [3.63, 3.8) is 0 Å². The molecule has 0 fully saturated rings. The number of hydrogen-bond acceptors (Lipinski definition) is 5. The molecule has 6 heteroatoms. The van der Waals surface area contributed by atoms with Crippen molar-refractivity contribution in [1.29, 1.82) is 0 Å². The minimum absolute atomic E-state index is 0.0356. The molecule has 0 amide bonds. The molecule has 0 unspecified atom stereocenters. The summed E-state index contributed by atoms with van der Waals surface area (Å²) in [6, 6.07) is 17.4. The van der Waals surface area contributed by atoms with Crippen molar-refractivity contribution in [2.24, 2.45) is 4.99 Å². The summed E-state index contributed by atoms with van der Waals surface area (Å²) in [6.45, 7) is 2.48. The van der Waals surface area contributed by atoms with E-state index in [-0.39, 0.29) is 11.3 Å². The molecule has 0 atom stereocenters. The topological polar surface area (TPSA) is 54.7 Å². The molecule has 140 valence electrons. The van der Waals surface area contributed by atoms with Gasteiger partial charge in [0.15, 0.2) is 10.6 Å². The Kier molecular flexibility index (Phi) is 5.04. The second kappa shape index (κ2) is 7.78. The normalized spacial score (nSPS) is 14.2. The van der Waals surface area contributed by atoms with Crippen LogP contribution in [0.25, 0.3) is 12.2 Å². The Bertz CT molecular complexity index is 1210. The van der Waals surface area contributed by atoms with Crippen molar-refractivity contribution in [3.8, 4) is 0 Å². The largest absolute Gasteiger partial charge is 0.334 e. The van der Waals surface area contributed by atoms with Crippen LogP contribution in [-0.2, 0) is 6.67 Å². The third-order valence-corrected chi connectivity index (χ3v) is 5.61. The molecule has 0 bridgehead atoms. The number of carbonyl (C=O) groups excluding carboxylic acids is 1. The van der Waals surface area contributed by atoms with Crippen molar-refractivity contribution in [3.05, 3.63) is 91.5 Å². The van der Waals surface area contributed by atoms with Crippen LogP contribution in [0.3, 0.4) is 0 Å². The Morgan fingerprint density at radius 2 is 1.86 bits per heavy atom. The second-order valence-corrected chi connectivity index (χ2v) is 7.51. The number of carbonyl (C=O) groups is 1. The highest BCUT2D eigenvalue weighted by Crippen LogP contribution is 2.17. The van der Waals surface area contributed by atoms with Gasteiger partial charge in [0.25, 0.3) is 5.56 Å². The number of Topliss-reactive ketones (excluding diaryl/α,β-unsaturated/α-hetero) is 1. The fourth-order valence-corrected chi connectivity index (χ4v) is 3.92. The van der Waals surface area contributed by atoms with E-state index in [1.807, 2.05) is 65.6 Å². The van der Waals surface area contributed by atoms with E-state index in [1.165, 1.54) is 11.3 Å². The lowest BCUT2D eigenvalue weighted by Gasteiger charge is -2.25. The lowest BCUT2D eigenvalue weighted by atomic mass is 10.1. The summed E-state index contributed by atoms with van der Waals surface area (Å²) in [5, 5.41) is 0. The van der Waals surface area contributed by atoms with E-state index in [9.17, 15) is 9.59 Å². The van der Waals surface area contributed by atoms with Crippen LogP contribution in [0.1, 0.15) is 22.8 Å². The summed E-state index contributed by atoms with van der Waals surface area (Å²) in [5.41, 5.74) is 2.66. The number of allylic oxidation sites excluding steroid dienone is 1. The molecule has 28 heavy (non-hydrogen) atoms. The van der Waals surface area contributed by atoms with E-state index in [1.54, 1.807) is 23.6 Å². The maximum absolute atomic E-state index is 12.8. The molecule has 0 N–H and O–H groups in total. The van der Waals surface area contributed by atoms with Gasteiger partial charge in [-0.1, -0.05) is 53.8 Å². The fourth-order valence-electron chi connectivity index (χ4n) is 3.01. The summed E-state index contributed by atoms with van der Waals surface area (Å²) in [5.74, 6) is 0.0370. The number of aromatic nitrogens is 1. The number of thiazole rings is 1. The molecule has 2 aromatic carbocycles. The van der Waals surface area contributed by atoms with Gasteiger partial charge in [-0.25, -0.2) is 4.99 Å². The van der Waals surface area contributed by atoms with Crippen molar-refractivity contribution >= 4 is 35.0 Å². The highest BCUT2D eigenvalue weighted by molar-refractivity contribution is 7.07. The van der Waals surface area contributed by atoms with Crippen LogP contribution < -0.4 is 19.8 Å². The molecule has 1 aromatic heterocycles. The first kappa shape index (κ1) is 18.1. The molecule has 0 saturated carbocycles. The number of anilines is 1. The van der Waals surface area contributed by atoms with Crippen LogP contribution in [0.4, 0.5) is 5.69 Å². The van der Waals surface area contributed by atoms with Gasteiger partial charge in [0.2, 0.25) is 0 Å². The molecule has 1 aliphatic rings. The maximum atomic E-state index is 12.8. The number of hydrogen-bond donors (Lipinski definition) is 0. The number of rotatable bonds is 4. The van der Waals surface area contributed by atoms with Gasteiger partial charge in [-0.15, -0.1) is 0 Å². The average Bonchev–Trinajstić information content (AvgIpc) is 3.04. The minimum atomic E-state index is -0.0356. The molecule has 0 aliphatic carbocycles. The fraction of sp³-hybridized carbons (Fsp3) is 0.136. The van der Waals surface area contributed by atoms with Crippen molar-refractivity contribution < 1.29 is 4.79 Å². The van der Waals surface area contributed by atoms with Gasteiger partial charge < -0.3 is 4.90 Å². The highest BCUT2D eigenvalue weighted by atomic mass is 32.1. The standard InChI is InChI=1S/C22H19N3O2S/c1-16(26)18-10-12-19(13-11-18)24-14-23-22-25(15-24)21(27)20(28-22)9-5-8-17-6-3-2-4-7-17/h2-13H,14-15H2,1H3/b8-5+,20-9-. The molecule has 3 aromatic rings. The SMILES string of the molecule is CC(=O)c1ccc(N2CN=c3s/c(=C\C=C\c4ccccc4)c(=O)n3C2)cc1. The average molecular weight is 389 g/mol. The van der Waals surface area contributed by atoms with Gasteiger partial charge in [-0.2, -0.15) is 0 Å². The first-order valence-corrected chi connectivity index (χ1v) is 9.77. The van der Waals surface area contributed by atoms with Crippen LogP contribution >= 0.6 is 11.3 Å². The van der Waals surface area contributed by atoms with Gasteiger partial charge in [0, 0.05) is 11.3 Å². The van der Waals surface area contributed by atoms with E-state index in [0.29, 0.717) is 23.4 Å². The van der Waals surface area contributed by atoms with Crippen molar-refractivity contribution in [2.75, 3.05) is 11.6 Å². The summed E-state index contributed by atoms with van der Waals surface area (Å²) >= 11 is 1.41. The summed E-state index contributed by atoms with van der Waals surface area (Å²) in [6.07, 6.45) is 5.71. The third-order valence-electron chi connectivity index (χ3n) is 4.55. The molecule has 2 heterocycles. The number of ketones is 1. The molecular weight excluding hydrogens is 370 g/mol. The predicted octanol–water partition coefficient (Wildman–Crippen LogP) is 2.66. The Balaban J connectivity index is 1.58. The van der Waals surface area contributed by atoms with Crippen LogP contribution in [0.5, 0.6) is 0 Å². The zero-order valence-electron chi connectivity index (χ0n) is 15.4. The van der Waals surface area contributed by atoms with E-state index >= 15 is 0 Å². The monoisotopic (exact) mass is 389 g/mol. The lowest BCUT2D eigenvalue weighted by molar-refractivity contribution is 0.101. The molecule has 0 saturated heterocycles. The van der Waals surface area contributed by atoms with Gasteiger partial charge in [0.05, 0.1) is 4.53 Å². The Hall–Kier alpha value is -3.25. The molecule has 0 radical (unpaired) electrons. The summed E-state index contributed by atoms with van der Waals surface area (Å²) in [4.78, 5) is 31.5. The summed E-state index contributed by atoms with van der Waals surface area (Å²) < 4.78 is 2.36. The van der Waals surface area contributed by atoms with E-state index in [2.05, 4.69) is 4.99 Å². The zero-order valence-corrected chi connectivity index (χ0v) is 16.2. The predicted molar refractivity (Wildman–Crippen MR) is 113 cm³/mol. The smallest absolute Gasteiger partial charge is 0.271 e. The number of benzene rings is 2. The molecule has 4 rings (SSSR count). The van der Waals surface area contributed by atoms with E-state index < -0.39 is 0 Å². The highest BCUT2D eigenvalue weighted by Gasteiger charge is 2.15. The second-order valence-electron chi connectivity index (χ2n) is 6.50. The van der Waals surface area contributed by atoms with Gasteiger partial charge in [0.1, 0.15) is 13.3 Å². The van der Waals surface area contributed by atoms with Crippen LogP contribution in [0.2, 0.25) is 0 Å². The van der Waals surface area contributed by atoms with Gasteiger partial charge in [-0.05, 0) is 42.8 Å². The quantitative estimate of drug-likeness (QED) is 0.645. The molecular formula is C22H19N3O2S. The Morgan fingerprint density at radius 3 is 2.57 bits per heavy atom. The van der Waals surface area contributed by atoms with Crippen molar-refractivity contribution in [2.45, 2.75) is 13.6 Å². The lowest BCUT2D eigenvalue weighted by Crippen LogP contribution is -2.42. The van der Waals surface area contributed by atoms with Crippen LogP contribution in [0, 0.1) is 0 Å². The Labute approximate surface area is 166 Å². The van der Waals surface area contributed by atoms with Gasteiger partial charge >= 0.3 is 0 Å².